The number of aliphatic hydroxyl groups is 3. The summed E-state index contributed by atoms with van der Waals surface area (Å²) in [4.78, 5) is 12.7. The molecule has 5 atom stereocenters. The molecule has 23 heavy (non-hydrogen) atoms. The van der Waals surface area contributed by atoms with Gasteiger partial charge in [0.05, 0.1) is 30.5 Å². The van der Waals surface area contributed by atoms with E-state index in [-0.39, 0.29) is 35.5 Å². The SMILES string of the molecule is COc1cc(O)c2c(c1O)[C@H](O)[C@H]1C[C@](C)(O)[C@H](O)C[C@@H]1C2=O. The van der Waals surface area contributed by atoms with Crippen LogP contribution in [0.3, 0.4) is 0 Å². The van der Waals surface area contributed by atoms with E-state index >= 15 is 0 Å². The normalized spacial score (nSPS) is 36.3. The molecule has 7 nitrogen and oxygen atoms in total. The van der Waals surface area contributed by atoms with E-state index in [0.29, 0.717) is 0 Å². The molecule has 1 aromatic rings. The molecule has 5 N–H and O–H groups in total. The lowest BCUT2D eigenvalue weighted by Gasteiger charge is -2.46. The molecule has 1 aromatic carbocycles. The van der Waals surface area contributed by atoms with Crippen LogP contribution < -0.4 is 4.74 Å². The van der Waals surface area contributed by atoms with Crippen molar-refractivity contribution in [3.8, 4) is 17.2 Å². The number of hydrogen-bond acceptors (Lipinski definition) is 7. The Balaban J connectivity index is 2.17. The summed E-state index contributed by atoms with van der Waals surface area (Å²) in [6, 6.07) is 1.12. The van der Waals surface area contributed by atoms with Gasteiger partial charge in [-0.3, -0.25) is 4.79 Å². The number of ketones is 1. The number of ether oxygens (including phenoxy) is 1. The molecule has 0 amide bonds. The molecule has 0 radical (unpaired) electrons. The van der Waals surface area contributed by atoms with Crippen LogP contribution in [0.4, 0.5) is 0 Å². The molecule has 126 valence electrons. The molecule has 1 saturated carbocycles. The van der Waals surface area contributed by atoms with Gasteiger partial charge in [0.15, 0.2) is 17.3 Å². The van der Waals surface area contributed by atoms with Crippen LogP contribution in [-0.4, -0.2) is 50.1 Å². The van der Waals surface area contributed by atoms with Crippen LogP contribution in [0, 0.1) is 11.8 Å². The van der Waals surface area contributed by atoms with Crippen molar-refractivity contribution in [3.05, 3.63) is 17.2 Å². The van der Waals surface area contributed by atoms with Crippen LogP contribution in [0.1, 0.15) is 41.8 Å². The molecular weight excluding hydrogens is 304 g/mol. The first-order chi connectivity index (χ1) is 10.7. The second-order valence-corrected chi connectivity index (χ2v) is 6.63. The van der Waals surface area contributed by atoms with Gasteiger partial charge in [-0.25, -0.2) is 0 Å². The number of carbonyl (C=O) groups is 1. The van der Waals surface area contributed by atoms with Crippen molar-refractivity contribution in [1.82, 2.24) is 0 Å². The molecule has 2 aliphatic rings. The maximum absolute atomic E-state index is 12.7. The van der Waals surface area contributed by atoms with E-state index in [1.807, 2.05) is 0 Å². The van der Waals surface area contributed by atoms with Crippen molar-refractivity contribution in [3.63, 3.8) is 0 Å². The van der Waals surface area contributed by atoms with Crippen molar-refractivity contribution >= 4 is 5.78 Å². The molecule has 7 heteroatoms. The number of aromatic hydroxyl groups is 2. The van der Waals surface area contributed by atoms with Gasteiger partial charge in [-0.1, -0.05) is 0 Å². The fourth-order valence-corrected chi connectivity index (χ4v) is 3.81. The summed E-state index contributed by atoms with van der Waals surface area (Å²) in [6.45, 7) is 1.45. The zero-order valence-electron chi connectivity index (χ0n) is 12.9. The van der Waals surface area contributed by atoms with E-state index in [9.17, 15) is 30.3 Å². The lowest BCUT2D eigenvalue weighted by atomic mass is 9.62. The van der Waals surface area contributed by atoms with Crippen LogP contribution in [0.5, 0.6) is 17.2 Å². The molecule has 2 aliphatic carbocycles. The van der Waals surface area contributed by atoms with Crippen LogP contribution >= 0.6 is 0 Å². The average Bonchev–Trinajstić information content (AvgIpc) is 2.48. The Kier molecular flexibility index (Phi) is 3.55. The van der Waals surface area contributed by atoms with Gasteiger partial charge in [0.1, 0.15) is 5.75 Å². The van der Waals surface area contributed by atoms with E-state index in [1.165, 1.54) is 14.0 Å². The topological polar surface area (TPSA) is 127 Å². The molecule has 0 heterocycles. The number of hydrogen-bond donors (Lipinski definition) is 5. The Morgan fingerprint density at radius 1 is 1.30 bits per heavy atom. The Hall–Kier alpha value is -1.83. The van der Waals surface area contributed by atoms with Gasteiger partial charge < -0.3 is 30.3 Å². The Morgan fingerprint density at radius 3 is 2.57 bits per heavy atom. The molecule has 0 saturated heterocycles. The molecular formula is C16H20O7. The third-order valence-electron chi connectivity index (χ3n) is 5.15. The number of phenols is 2. The third kappa shape index (κ3) is 2.19. The highest BCUT2D eigenvalue weighted by molar-refractivity contribution is 6.04. The second kappa shape index (κ2) is 5.09. The number of phenolic OH excluding ortho intramolecular Hbond substituents is 2. The van der Waals surface area contributed by atoms with E-state index in [1.54, 1.807) is 0 Å². The third-order valence-corrected chi connectivity index (χ3v) is 5.15. The number of fused-ring (bicyclic) bond motifs is 2. The van der Waals surface area contributed by atoms with Gasteiger partial charge in [0, 0.05) is 23.5 Å². The van der Waals surface area contributed by atoms with Gasteiger partial charge >= 0.3 is 0 Å². The Labute approximate surface area is 132 Å². The van der Waals surface area contributed by atoms with Crippen LogP contribution in [0.25, 0.3) is 0 Å². The molecule has 0 aromatic heterocycles. The van der Waals surface area contributed by atoms with Crippen molar-refractivity contribution in [2.45, 2.75) is 37.6 Å². The Morgan fingerprint density at radius 2 is 1.96 bits per heavy atom. The summed E-state index contributed by atoms with van der Waals surface area (Å²) < 4.78 is 4.95. The van der Waals surface area contributed by atoms with Gasteiger partial charge in [-0.2, -0.15) is 0 Å². The smallest absolute Gasteiger partial charge is 0.170 e. The van der Waals surface area contributed by atoms with Crippen molar-refractivity contribution in [1.29, 1.82) is 0 Å². The van der Waals surface area contributed by atoms with E-state index < -0.39 is 41.2 Å². The first kappa shape index (κ1) is 16.0. The van der Waals surface area contributed by atoms with E-state index in [2.05, 4.69) is 0 Å². The number of Topliss-reactive ketones (excluding diaryl/α,β-unsaturated/α-hetero) is 1. The maximum Gasteiger partial charge on any atom is 0.170 e. The number of rotatable bonds is 1. The van der Waals surface area contributed by atoms with Crippen LogP contribution in [0.15, 0.2) is 6.07 Å². The van der Waals surface area contributed by atoms with Crippen LogP contribution in [0.2, 0.25) is 0 Å². The fraction of sp³-hybridized carbons (Fsp3) is 0.562. The molecule has 0 unspecified atom stereocenters. The minimum absolute atomic E-state index is 0.00257. The summed E-state index contributed by atoms with van der Waals surface area (Å²) in [6.07, 6.45) is -2.37. The molecule has 1 fully saturated rings. The first-order valence-electron chi connectivity index (χ1n) is 7.44. The highest BCUT2D eigenvalue weighted by atomic mass is 16.5. The summed E-state index contributed by atoms with van der Waals surface area (Å²) in [7, 11) is 1.29. The number of aliphatic hydroxyl groups excluding tert-OH is 2. The monoisotopic (exact) mass is 324 g/mol. The quantitative estimate of drug-likeness (QED) is 0.475. The van der Waals surface area contributed by atoms with Crippen molar-refractivity contribution < 1.29 is 35.1 Å². The first-order valence-corrected chi connectivity index (χ1v) is 7.44. The fourth-order valence-electron chi connectivity index (χ4n) is 3.81. The predicted molar refractivity (Wildman–Crippen MR) is 78.5 cm³/mol. The minimum atomic E-state index is -1.43. The summed E-state index contributed by atoms with van der Waals surface area (Å²) in [5.41, 5.74) is -1.66. The minimum Gasteiger partial charge on any atom is -0.507 e. The molecule has 0 bridgehead atoms. The number of carbonyl (C=O) groups excluding carboxylic acids is 1. The lowest BCUT2D eigenvalue weighted by molar-refractivity contribution is -0.131. The summed E-state index contributed by atoms with van der Waals surface area (Å²) >= 11 is 0. The van der Waals surface area contributed by atoms with Gasteiger partial charge in [0.25, 0.3) is 0 Å². The highest BCUT2D eigenvalue weighted by Gasteiger charge is 2.53. The van der Waals surface area contributed by atoms with Gasteiger partial charge in [0.2, 0.25) is 0 Å². The Bertz CT molecular complexity index is 667. The number of methoxy groups -OCH3 is 1. The van der Waals surface area contributed by atoms with Gasteiger partial charge in [-0.05, 0) is 19.8 Å². The number of benzene rings is 1. The highest BCUT2D eigenvalue weighted by Crippen LogP contribution is 2.54. The largest absolute Gasteiger partial charge is 0.507 e. The van der Waals surface area contributed by atoms with Crippen molar-refractivity contribution in [2.75, 3.05) is 7.11 Å². The van der Waals surface area contributed by atoms with E-state index in [0.717, 1.165) is 6.07 Å². The average molecular weight is 324 g/mol. The maximum atomic E-state index is 12.7. The second-order valence-electron chi connectivity index (χ2n) is 6.63. The zero-order valence-corrected chi connectivity index (χ0v) is 12.9. The van der Waals surface area contributed by atoms with E-state index in [4.69, 9.17) is 4.74 Å². The van der Waals surface area contributed by atoms with Crippen LogP contribution in [-0.2, 0) is 0 Å². The van der Waals surface area contributed by atoms with Crippen molar-refractivity contribution in [2.24, 2.45) is 11.8 Å². The molecule has 0 spiro atoms. The molecule has 3 rings (SSSR count). The van der Waals surface area contributed by atoms with Gasteiger partial charge in [-0.15, -0.1) is 0 Å². The zero-order chi connectivity index (χ0) is 17.1. The summed E-state index contributed by atoms with van der Waals surface area (Å²) in [5, 5.41) is 51.3. The predicted octanol–water partition coefficient (Wildman–Crippen LogP) is 0.474. The molecule has 0 aliphatic heterocycles. The summed E-state index contributed by atoms with van der Waals surface area (Å²) in [5.74, 6) is -2.68. The lowest BCUT2D eigenvalue weighted by Crippen LogP contribution is -2.52. The standard InChI is InChI=1S/C16H20O7/c1-16(22)5-7-6(3-10(16)18)13(19)11-8(17)4-9(23-2)15(21)12(11)14(7)20/h4,6-7,10,14,17-18,20-22H,3,5H2,1-2H3/t6-,7-,10+,14+,16-/m0/s1.